The fourth-order valence-electron chi connectivity index (χ4n) is 4.82. The molecule has 4 rings (SSSR count). The third-order valence-corrected chi connectivity index (χ3v) is 7.60. The molecule has 2 aromatic rings. The van der Waals surface area contributed by atoms with Gasteiger partial charge in [0.05, 0.1) is 11.9 Å². The molecule has 4 amide bonds. The molecule has 17 heteroatoms. The molecule has 45 heavy (non-hydrogen) atoms. The second-order valence-electron chi connectivity index (χ2n) is 12.0. The number of alkyl carbamates (subject to hydrolysis) is 2. The van der Waals surface area contributed by atoms with Gasteiger partial charge in [-0.3, -0.25) is 9.59 Å². The van der Waals surface area contributed by atoms with Crippen molar-refractivity contribution in [2.45, 2.75) is 70.7 Å². The molecule has 0 saturated carbocycles. The van der Waals surface area contributed by atoms with E-state index in [1.54, 1.807) is 34.6 Å². The van der Waals surface area contributed by atoms with Gasteiger partial charge < -0.3 is 40.5 Å². The summed E-state index contributed by atoms with van der Waals surface area (Å²) in [6, 6.07) is -0.801. The zero-order chi connectivity index (χ0) is 33.3. The standard InChI is InChI=1S/C28H37ClFN9O6/c1-14-34-20(29)19-22(35-14)33-13-17(24(41)39(19)7)37-26(43)45-28(4,5)9-8-27(2,3)44-25(42)36-16-12-32-21-18(38(6)23(16)40)10-15(30)11-31-21/h10-11,16-17H,8-9,12-13H2,1-7H3,(H,31,32)(H,36,42)(H,37,43)(H,33,34,35)/t16-,17-/m0/s1. The largest absolute Gasteiger partial charge is 0.444 e. The quantitative estimate of drug-likeness (QED) is 0.324. The highest BCUT2D eigenvalue weighted by molar-refractivity contribution is 6.33. The van der Waals surface area contributed by atoms with Crippen LogP contribution in [0.15, 0.2) is 12.3 Å². The number of ether oxygens (including phenoxy) is 2. The Morgan fingerprint density at radius 2 is 1.47 bits per heavy atom. The fourth-order valence-corrected chi connectivity index (χ4v) is 5.16. The van der Waals surface area contributed by atoms with Crippen LogP contribution in [-0.4, -0.2) is 89.4 Å². The van der Waals surface area contributed by atoms with E-state index in [1.807, 2.05) is 0 Å². The smallest absolute Gasteiger partial charge is 0.408 e. The Morgan fingerprint density at radius 3 is 2.02 bits per heavy atom. The number of rotatable bonds is 7. The number of halogens is 2. The summed E-state index contributed by atoms with van der Waals surface area (Å²) in [5, 5.41) is 11.2. The van der Waals surface area contributed by atoms with E-state index >= 15 is 0 Å². The van der Waals surface area contributed by atoms with Crippen LogP contribution < -0.4 is 31.1 Å². The summed E-state index contributed by atoms with van der Waals surface area (Å²) in [6.45, 7) is 8.48. The lowest BCUT2D eigenvalue weighted by molar-refractivity contribution is -0.120. The normalized spacial score (nSPS) is 18.4. The Hall–Kier alpha value is -4.47. The second kappa shape index (κ2) is 12.9. The molecule has 4 N–H and O–H groups in total. The molecule has 15 nitrogen and oxygen atoms in total. The van der Waals surface area contributed by atoms with Crippen LogP contribution in [0, 0.1) is 12.7 Å². The number of nitrogens with one attached hydrogen (secondary N) is 4. The summed E-state index contributed by atoms with van der Waals surface area (Å²) in [4.78, 5) is 66.5. The summed E-state index contributed by atoms with van der Waals surface area (Å²) < 4.78 is 24.9. The SMILES string of the molecule is Cc1nc(Cl)c2c(n1)NC[C@H](NC(=O)OC(C)(C)CCC(C)(C)OC(=O)N[C@H]1CNc3ncc(F)cc3N(C)C1=O)C(=O)N2C. The Bertz CT molecular complexity index is 1510. The van der Waals surface area contributed by atoms with Crippen molar-refractivity contribution in [1.29, 1.82) is 0 Å². The molecule has 0 unspecified atom stereocenters. The summed E-state index contributed by atoms with van der Waals surface area (Å²) in [7, 11) is 2.97. The highest BCUT2D eigenvalue weighted by Crippen LogP contribution is 2.33. The molecular weight excluding hydrogens is 613 g/mol. The van der Waals surface area contributed by atoms with E-state index in [1.165, 1.54) is 30.0 Å². The molecule has 2 aromatic heterocycles. The van der Waals surface area contributed by atoms with Crippen molar-refractivity contribution in [1.82, 2.24) is 25.6 Å². The van der Waals surface area contributed by atoms with Crippen LogP contribution >= 0.6 is 11.6 Å². The molecule has 4 heterocycles. The number of amides is 4. The predicted molar refractivity (Wildman–Crippen MR) is 164 cm³/mol. The molecule has 0 saturated heterocycles. The Kier molecular flexibility index (Phi) is 9.56. The fraction of sp³-hybridized carbons (Fsp3) is 0.536. The van der Waals surface area contributed by atoms with Gasteiger partial charge in [0.2, 0.25) is 0 Å². The van der Waals surface area contributed by atoms with Gasteiger partial charge in [-0.25, -0.2) is 28.9 Å². The minimum Gasteiger partial charge on any atom is -0.444 e. The van der Waals surface area contributed by atoms with Crippen LogP contribution in [0.3, 0.4) is 0 Å². The van der Waals surface area contributed by atoms with Gasteiger partial charge in [0.15, 0.2) is 11.0 Å². The third-order valence-electron chi connectivity index (χ3n) is 7.34. The lowest BCUT2D eigenvalue weighted by Gasteiger charge is -2.32. The van der Waals surface area contributed by atoms with E-state index in [2.05, 4.69) is 36.2 Å². The maximum atomic E-state index is 13.7. The maximum Gasteiger partial charge on any atom is 0.408 e. The van der Waals surface area contributed by atoms with Crippen LogP contribution in [0.5, 0.6) is 0 Å². The van der Waals surface area contributed by atoms with Gasteiger partial charge in [-0.05, 0) is 47.5 Å². The van der Waals surface area contributed by atoms with E-state index in [0.29, 0.717) is 23.1 Å². The highest BCUT2D eigenvalue weighted by atomic mass is 35.5. The molecule has 2 atom stereocenters. The lowest BCUT2D eigenvalue weighted by atomic mass is 9.94. The summed E-state index contributed by atoms with van der Waals surface area (Å²) >= 11 is 6.25. The number of fused-ring (bicyclic) bond motifs is 2. The first-order valence-corrected chi connectivity index (χ1v) is 14.6. The van der Waals surface area contributed by atoms with Crippen LogP contribution in [-0.2, 0) is 19.1 Å². The minimum absolute atomic E-state index is 0.0152. The number of likely N-dealkylation sites (N-methyl/N-ethyl adjacent to an activating group) is 2. The molecule has 0 bridgehead atoms. The van der Waals surface area contributed by atoms with E-state index in [-0.39, 0.29) is 36.8 Å². The molecule has 0 radical (unpaired) electrons. The Balaban J connectivity index is 1.28. The number of aryl methyl sites for hydroxylation is 1. The van der Waals surface area contributed by atoms with Gasteiger partial charge in [0, 0.05) is 33.3 Å². The first kappa shape index (κ1) is 33.4. The molecule has 244 valence electrons. The number of hydrogen-bond acceptors (Lipinski definition) is 11. The van der Waals surface area contributed by atoms with E-state index < -0.39 is 53.1 Å². The number of aromatic nitrogens is 3. The maximum absolute atomic E-state index is 13.7. The van der Waals surface area contributed by atoms with E-state index in [9.17, 15) is 23.6 Å². The van der Waals surface area contributed by atoms with Crippen LogP contribution in [0.1, 0.15) is 46.4 Å². The topological polar surface area (TPSA) is 180 Å². The number of pyridine rings is 1. The van der Waals surface area contributed by atoms with Crippen LogP contribution in [0.4, 0.5) is 37.0 Å². The van der Waals surface area contributed by atoms with Crippen molar-refractivity contribution >= 4 is 58.6 Å². The van der Waals surface area contributed by atoms with Crippen molar-refractivity contribution in [3.8, 4) is 0 Å². The molecule has 2 aliphatic rings. The number of carbonyl (C=O) groups excluding carboxylic acids is 4. The average Bonchev–Trinajstić information content (AvgIpc) is 3.12. The van der Waals surface area contributed by atoms with Crippen molar-refractivity contribution in [3.05, 3.63) is 29.1 Å². The Morgan fingerprint density at radius 1 is 0.956 bits per heavy atom. The van der Waals surface area contributed by atoms with Gasteiger partial charge >= 0.3 is 12.2 Å². The second-order valence-corrected chi connectivity index (χ2v) is 12.4. The van der Waals surface area contributed by atoms with Crippen molar-refractivity contribution in [2.75, 3.05) is 47.6 Å². The first-order valence-electron chi connectivity index (χ1n) is 14.2. The molecule has 0 aliphatic carbocycles. The molecule has 0 aromatic carbocycles. The molecule has 0 fully saturated rings. The highest BCUT2D eigenvalue weighted by Gasteiger charge is 2.36. The zero-order valence-electron chi connectivity index (χ0n) is 26.1. The molecule has 2 aliphatic heterocycles. The van der Waals surface area contributed by atoms with Crippen molar-refractivity contribution in [3.63, 3.8) is 0 Å². The van der Waals surface area contributed by atoms with Gasteiger partial charge in [-0.2, -0.15) is 0 Å². The summed E-state index contributed by atoms with van der Waals surface area (Å²) in [5.41, 5.74) is -1.48. The van der Waals surface area contributed by atoms with E-state index in [4.69, 9.17) is 21.1 Å². The summed E-state index contributed by atoms with van der Waals surface area (Å²) in [5.74, 6) is -0.414. The van der Waals surface area contributed by atoms with Crippen LogP contribution in [0.2, 0.25) is 5.15 Å². The number of carbonyl (C=O) groups is 4. The van der Waals surface area contributed by atoms with Gasteiger partial charge in [0.1, 0.15) is 46.4 Å². The Labute approximate surface area is 264 Å². The number of anilines is 4. The van der Waals surface area contributed by atoms with Gasteiger partial charge in [-0.15, -0.1) is 0 Å². The molecular formula is C28H37ClFN9O6. The lowest BCUT2D eigenvalue weighted by Crippen LogP contribution is -2.51. The minimum atomic E-state index is -1.02. The van der Waals surface area contributed by atoms with Gasteiger partial charge in [0.25, 0.3) is 11.8 Å². The monoisotopic (exact) mass is 649 g/mol. The predicted octanol–water partition coefficient (Wildman–Crippen LogP) is 2.98. The average molecular weight is 650 g/mol. The first-order chi connectivity index (χ1) is 21.0. The van der Waals surface area contributed by atoms with Crippen LogP contribution in [0.25, 0.3) is 0 Å². The van der Waals surface area contributed by atoms with Crippen molar-refractivity contribution in [2.24, 2.45) is 0 Å². The van der Waals surface area contributed by atoms with Crippen molar-refractivity contribution < 1.29 is 33.0 Å². The third kappa shape index (κ3) is 7.98. The zero-order valence-corrected chi connectivity index (χ0v) is 26.8. The summed E-state index contributed by atoms with van der Waals surface area (Å²) in [6.07, 6.45) is -0.0538. The number of nitrogens with zero attached hydrogens (tertiary/aromatic N) is 5. The van der Waals surface area contributed by atoms with Gasteiger partial charge in [-0.1, -0.05) is 11.6 Å². The van der Waals surface area contributed by atoms with E-state index in [0.717, 1.165) is 6.20 Å². The molecule has 0 spiro atoms. The number of hydrogen-bond donors (Lipinski definition) is 4.